The molecule has 9 heteroatoms. The van der Waals surface area contributed by atoms with Crippen molar-refractivity contribution in [1.82, 2.24) is 4.90 Å². The zero-order valence-electron chi connectivity index (χ0n) is 12.7. The van der Waals surface area contributed by atoms with Gasteiger partial charge in [0.2, 0.25) is 6.07 Å². The van der Waals surface area contributed by atoms with Crippen LogP contribution in [0.1, 0.15) is 10.4 Å². The van der Waals surface area contributed by atoms with Crippen LogP contribution in [0.5, 0.6) is 0 Å². The van der Waals surface area contributed by atoms with Gasteiger partial charge in [0.25, 0.3) is 6.34 Å². The Morgan fingerprint density at radius 1 is 1.36 bits per heavy atom. The van der Waals surface area contributed by atoms with Gasteiger partial charge in [-0.15, -0.1) is 4.90 Å². The van der Waals surface area contributed by atoms with Crippen molar-refractivity contribution >= 4 is 12.1 Å². The smallest absolute Gasteiger partial charge is 0.315 e. The highest BCUT2D eigenvalue weighted by Crippen LogP contribution is 2.30. The van der Waals surface area contributed by atoms with Crippen LogP contribution in [0.4, 0.5) is 0 Å². The first-order chi connectivity index (χ1) is 12.0. The van der Waals surface area contributed by atoms with E-state index in [-0.39, 0.29) is 5.56 Å². The van der Waals surface area contributed by atoms with Gasteiger partial charge < -0.3 is 25.2 Å². The number of hydrogen-bond donors (Lipinski definition) is 3. The standard InChI is InChI=1S/C16H13N3O6/c17-6-9-15(24)19(7-18-9)16-13(23)12(22)14(25-16)11(21)10(20)8-4-2-1-3-5-8/h1-5,11-14,16,21-23H/t11?,12-,13+,14+,16+/m0/s1. The van der Waals surface area contributed by atoms with Crippen molar-refractivity contribution in [1.29, 1.82) is 5.26 Å². The number of aliphatic hydroxyl groups is 3. The van der Waals surface area contributed by atoms with E-state index in [4.69, 9.17) is 10.00 Å². The number of ether oxygens (including phenoxy) is 1. The molecule has 0 bridgehead atoms. The number of Topliss-reactive ketones (excluding diaryl/α,β-unsaturated/α-hetero) is 1. The number of benzene rings is 1. The lowest BCUT2D eigenvalue weighted by molar-refractivity contribution is -0.335. The third kappa shape index (κ3) is 2.85. The molecule has 2 heterocycles. The second kappa shape index (κ2) is 6.57. The van der Waals surface area contributed by atoms with E-state index in [0.717, 1.165) is 0 Å². The Balaban J connectivity index is 1.79. The van der Waals surface area contributed by atoms with Crippen LogP contribution < -0.4 is 5.11 Å². The van der Waals surface area contributed by atoms with Crippen LogP contribution in [0.2, 0.25) is 0 Å². The Labute approximate surface area is 142 Å². The maximum absolute atomic E-state index is 12.3. The summed E-state index contributed by atoms with van der Waals surface area (Å²) in [5.74, 6) is -1.56. The maximum Gasteiger partial charge on any atom is 0.315 e. The Kier molecular flexibility index (Phi) is 4.46. The van der Waals surface area contributed by atoms with Gasteiger partial charge in [-0.3, -0.25) is 4.79 Å². The SMILES string of the molecule is N#CC1=C([O-])N([C@@H]2O[C@H](C(O)C(=O)c3ccccc3)[C@@H](O)[C@H]2O)[C+]=N1. The van der Waals surface area contributed by atoms with Crippen LogP contribution in [-0.4, -0.2) is 63.0 Å². The van der Waals surface area contributed by atoms with Crippen molar-refractivity contribution in [2.75, 3.05) is 0 Å². The fraction of sp³-hybridized carbons (Fsp3) is 0.312. The van der Waals surface area contributed by atoms with Crippen LogP contribution in [-0.2, 0) is 4.74 Å². The molecule has 5 atom stereocenters. The molecular weight excluding hydrogens is 330 g/mol. The maximum atomic E-state index is 12.3. The molecule has 1 unspecified atom stereocenters. The van der Waals surface area contributed by atoms with Gasteiger partial charge in [0, 0.05) is 5.56 Å². The number of carbonyl (C=O) groups excluding carboxylic acids is 1. The van der Waals surface area contributed by atoms with Crippen molar-refractivity contribution in [2.24, 2.45) is 4.99 Å². The van der Waals surface area contributed by atoms with Gasteiger partial charge in [-0.2, -0.15) is 5.26 Å². The van der Waals surface area contributed by atoms with Crippen molar-refractivity contribution in [3.63, 3.8) is 0 Å². The topological polar surface area (TPSA) is 149 Å². The predicted octanol–water partition coefficient (Wildman–Crippen LogP) is -2.05. The van der Waals surface area contributed by atoms with Gasteiger partial charge in [0.1, 0.15) is 24.4 Å². The number of ketones is 1. The number of aliphatic imine (C=N–C) groups is 1. The van der Waals surface area contributed by atoms with Gasteiger partial charge >= 0.3 is 5.70 Å². The van der Waals surface area contributed by atoms with Gasteiger partial charge in [-0.05, 0) is 4.99 Å². The Hall–Kier alpha value is -2.86. The molecule has 0 aliphatic carbocycles. The van der Waals surface area contributed by atoms with Crippen LogP contribution in [0.25, 0.3) is 0 Å². The first-order valence-electron chi connectivity index (χ1n) is 7.31. The second-order valence-electron chi connectivity index (χ2n) is 5.49. The summed E-state index contributed by atoms with van der Waals surface area (Å²) in [7, 11) is 0. The first-order valence-corrected chi connectivity index (χ1v) is 7.31. The molecule has 1 aromatic rings. The summed E-state index contributed by atoms with van der Waals surface area (Å²) in [6.07, 6.45) is -5.69. The minimum absolute atomic E-state index is 0.203. The quantitative estimate of drug-likeness (QED) is 0.418. The van der Waals surface area contributed by atoms with E-state index in [1.54, 1.807) is 24.3 Å². The van der Waals surface area contributed by atoms with E-state index in [1.807, 2.05) is 0 Å². The molecule has 2 aliphatic heterocycles. The number of allylic oxidation sites excluding steroid dienone is 1. The highest BCUT2D eigenvalue weighted by Gasteiger charge is 2.53. The fourth-order valence-corrected chi connectivity index (χ4v) is 2.64. The lowest BCUT2D eigenvalue weighted by Crippen LogP contribution is -2.44. The molecule has 1 aromatic carbocycles. The van der Waals surface area contributed by atoms with Crippen LogP contribution >= 0.6 is 0 Å². The predicted molar refractivity (Wildman–Crippen MR) is 79.4 cm³/mol. The summed E-state index contributed by atoms with van der Waals surface area (Å²) in [5, 5.41) is 51.1. The number of carbonyl (C=O) groups is 1. The fourth-order valence-electron chi connectivity index (χ4n) is 2.64. The Bertz CT molecular complexity index is 772. The monoisotopic (exact) mass is 343 g/mol. The van der Waals surface area contributed by atoms with E-state index >= 15 is 0 Å². The summed E-state index contributed by atoms with van der Waals surface area (Å²) in [6, 6.07) is 9.44. The third-order valence-electron chi connectivity index (χ3n) is 3.96. The van der Waals surface area contributed by atoms with Gasteiger partial charge in [-0.25, -0.2) is 0 Å². The molecular formula is C16H13N3O6. The number of nitriles is 1. The number of hydrogen-bond acceptors (Lipinski definition) is 9. The second-order valence-corrected chi connectivity index (χ2v) is 5.49. The molecule has 1 fully saturated rings. The highest BCUT2D eigenvalue weighted by molar-refractivity contribution is 5.99. The minimum atomic E-state index is -1.76. The molecule has 1 saturated heterocycles. The van der Waals surface area contributed by atoms with Crippen molar-refractivity contribution in [3.05, 3.63) is 47.5 Å². The van der Waals surface area contributed by atoms with E-state index in [1.165, 1.54) is 12.1 Å². The van der Waals surface area contributed by atoms with Crippen molar-refractivity contribution in [2.45, 2.75) is 30.6 Å². The summed E-state index contributed by atoms with van der Waals surface area (Å²) in [6.45, 7) is 0. The summed E-state index contributed by atoms with van der Waals surface area (Å²) < 4.78 is 5.33. The van der Waals surface area contributed by atoms with Crippen LogP contribution in [0.3, 0.4) is 0 Å². The summed E-state index contributed by atoms with van der Waals surface area (Å²) in [4.78, 5) is 16.5. The summed E-state index contributed by atoms with van der Waals surface area (Å²) in [5.41, 5.74) is -0.246. The molecule has 0 spiro atoms. The Morgan fingerprint density at radius 3 is 2.64 bits per heavy atom. The molecule has 2 aliphatic rings. The lowest BCUT2D eigenvalue weighted by atomic mass is 9.98. The number of aliphatic hydroxyl groups excluding tert-OH is 3. The van der Waals surface area contributed by atoms with Gasteiger partial charge in [0.05, 0.1) is 0 Å². The molecule has 0 aromatic heterocycles. The van der Waals surface area contributed by atoms with E-state index in [0.29, 0.717) is 4.90 Å². The molecule has 25 heavy (non-hydrogen) atoms. The molecule has 3 N–H and O–H groups in total. The molecule has 0 amide bonds. The molecule has 0 saturated carbocycles. The van der Waals surface area contributed by atoms with Crippen molar-refractivity contribution in [3.8, 4) is 6.07 Å². The van der Waals surface area contributed by atoms with E-state index in [2.05, 4.69) is 11.3 Å². The van der Waals surface area contributed by atoms with E-state index in [9.17, 15) is 25.2 Å². The average Bonchev–Trinajstić information content (AvgIpc) is 3.14. The average molecular weight is 343 g/mol. The number of rotatable bonds is 4. The van der Waals surface area contributed by atoms with Crippen LogP contribution in [0.15, 0.2) is 46.9 Å². The minimum Gasteiger partial charge on any atom is -0.788 e. The highest BCUT2D eigenvalue weighted by atomic mass is 16.6. The third-order valence-corrected chi connectivity index (χ3v) is 3.96. The largest absolute Gasteiger partial charge is 0.788 e. The lowest BCUT2D eigenvalue weighted by Gasteiger charge is -2.22. The zero-order chi connectivity index (χ0) is 18.1. The summed E-state index contributed by atoms with van der Waals surface area (Å²) >= 11 is 0. The number of nitrogens with zero attached hydrogens (tertiary/aromatic N) is 3. The molecule has 128 valence electrons. The van der Waals surface area contributed by atoms with Gasteiger partial charge in [0.15, 0.2) is 17.9 Å². The van der Waals surface area contributed by atoms with Gasteiger partial charge in [-0.1, -0.05) is 30.3 Å². The zero-order valence-corrected chi connectivity index (χ0v) is 12.7. The molecule has 3 rings (SSSR count). The molecule has 9 nitrogen and oxygen atoms in total. The van der Waals surface area contributed by atoms with Crippen LogP contribution in [0, 0.1) is 11.3 Å². The van der Waals surface area contributed by atoms with Crippen molar-refractivity contribution < 1.29 is 30.0 Å². The van der Waals surface area contributed by atoms with E-state index < -0.39 is 48.0 Å². The Morgan fingerprint density at radius 2 is 2.04 bits per heavy atom. The normalized spacial score (nSPS) is 29.4. The first kappa shape index (κ1) is 17.0. The molecule has 0 radical (unpaired) electrons.